The Morgan fingerprint density at radius 2 is 1.64 bits per heavy atom. The van der Waals surface area contributed by atoms with E-state index in [0.29, 0.717) is 65.7 Å². The lowest BCUT2D eigenvalue weighted by atomic mass is 9.52. The number of thiazole rings is 1. The molecule has 4 unspecified atom stereocenters. The molecule has 19 nitrogen and oxygen atoms in total. The van der Waals surface area contributed by atoms with Crippen molar-refractivity contribution >= 4 is 79.1 Å². The van der Waals surface area contributed by atoms with Gasteiger partial charge in [-0.1, -0.05) is 82.3 Å². The molecule has 6 N–H and O–H groups in total. The molecule has 5 aromatic rings. The molecule has 2 bridgehead atoms. The third kappa shape index (κ3) is 12.6. The van der Waals surface area contributed by atoms with Gasteiger partial charge in [0, 0.05) is 53.8 Å². The Morgan fingerprint density at radius 3 is 2.36 bits per heavy atom. The number of amides is 3. The van der Waals surface area contributed by atoms with Crippen molar-refractivity contribution in [1.29, 1.82) is 0 Å². The van der Waals surface area contributed by atoms with Gasteiger partial charge in [-0.3, -0.25) is 24.3 Å². The number of aliphatic hydroxyl groups is 1. The Balaban J connectivity index is 0.580. The Bertz CT molecular complexity index is 3350. The number of anilines is 4. The van der Waals surface area contributed by atoms with E-state index < -0.39 is 36.0 Å². The third-order valence-corrected chi connectivity index (χ3v) is 20.3. The largest absolute Gasteiger partial charge is 0.494 e. The van der Waals surface area contributed by atoms with Crippen LogP contribution >= 0.6 is 11.3 Å². The number of ether oxygens (including phenoxy) is 2. The summed E-state index contributed by atoms with van der Waals surface area (Å²) < 4.78 is 13.8. The highest BCUT2D eigenvalue weighted by Gasteiger charge is 2.68. The lowest BCUT2D eigenvalue weighted by Gasteiger charge is -2.54. The number of hydrogen-bond donors (Lipinski definition) is 5. The van der Waals surface area contributed by atoms with Crippen LogP contribution in [-0.2, 0) is 16.0 Å². The number of nitrogens with zero attached hydrogens (tertiary/aromatic N) is 8. The van der Waals surface area contributed by atoms with E-state index in [9.17, 15) is 29.4 Å². The zero-order valence-corrected chi connectivity index (χ0v) is 50.8. The number of likely N-dealkylation sites (N-methyl/N-ethyl adjacent to an activating group) is 1. The van der Waals surface area contributed by atoms with Gasteiger partial charge in [0.2, 0.25) is 5.91 Å². The van der Waals surface area contributed by atoms with Crippen LogP contribution in [0.5, 0.6) is 5.75 Å². The first-order valence-electron chi connectivity index (χ1n) is 30.8. The molecule has 2 aromatic carbocycles. The number of fused-ring (bicyclic) bond motifs is 4. The molecule has 6 heterocycles. The number of aromatic nitrogens is 4. The van der Waals surface area contributed by atoms with Gasteiger partial charge in [0.25, 0.3) is 11.8 Å². The van der Waals surface area contributed by atoms with Gasteiger partial charge in [0.15, 0.2) is 22.5 Å². The molecule has 20 heteroatoms. The summed E-state index contributed by atoms with van der Waals surface area (Å²) in [7, 11) is 2.21. The molecule has 11 rings (SSSR count). The van der Waals surface area contributed by atoms with Crippen molar-refractivity contribution in [3.8, 4) is 5.75 Å². The summed E-state index contributed by atoms with van der Waals surface area (Å²) in [6.45, 7) is 13.5. The second-order valence-electron chi connectivity index (χ2n) is 25.7. The average Bonchev–Trinajstić information content (AvgIpc) is 1.56. The number of nitrogens with two attached hydrogens (primary N) is 1. The summed E-state index contributed by atoms with van der Waals surface area (Å²) in [6, 6.07) is 15.7. The van der Waals surface area contributed by atoms with E-state index in [0.717, 1.165) is 115 Å². The maximum absolute atomic E-state index is 13.2. The van der Waals surface area contributed by atoms with Crippen LogP contribution in [0.3, 0.4) is 0 Å². The van der Waals surface area contributed by atoms with Crippen LogP contribution in [0.4, 0.5) is 22.6 Å². The van der Waals surface area contributed by atoms with Crippen LogP contribution in [0.1, 0.15) is 178 Å². The van der Waals surface area contributed by atoms with E-state index in [1.54, 1.807) is 29.5 Å². The number of nitrogens with one attached hydrogen (secondary N) is 2. The summed E-state index contributed by atoms with van der Waals surface area (Å²) in [5.74, 6) is 0.319. The molecule has 452 valence electrons. The highest BCUT2D eigenvalue weighted by molar-refractivity contribution is 7.22. The van der Waals surface area contributed by atoms with E-state index in [2.05, 4.69) is 46.6 Å². The first-order chi connectivity index (χ1) is 40.9. The number of carboxylic acid groups (broad SMARTS) is 1. The van der Waals surface area contributed by atoms with E-state index in [1.807, 2.05) is 55.1 Å². The fourth-order valence-corrected chi connectivity index (χ4v) is 16.4. The summed E-state index contributed by atoms with van der Waals surface area (Å²) in [5, 5.41) is 36.1. The molecule has 4 fully saturated rings. The number of aromatic carboxylic acids is 1. The Kier molecular flexibility index (Phi) is 17.8. The highest BCUT2D eigenvalue weighted by atomic mass is 32.1. The van der Waals surface area contributed by atoms with Crippen molar-refractivity contribution in [2.75, 3.05) is 56.7 Å². The Hall–Kier alpha value is -6.87. The van der Waals surface area contributed by atoms with Crippen molar-refractivity contribution in [3.63, 3.8) is 0 Å². The highest BCUT2D eigenvalue weighted by Crippen LogP contribution is 2.74. The van der Waals surface area contributed by atoms with E-state index in [-0.39, 0.29) is 52.0 Å². The van der Waals surface area contributed by atoms with Gasteiger partial charge in [0.05, 0.1) is 40.7 Å². The van der Waals surface area contributed by atoms with Gasteiger partial charge >= 0.3 is 5.97 Å². The zero-order chi connectivity index (χ0) is 59.6. The normalized spacial score (nSPS) is 25.5. The number of rotatable bonds is 26. The van der Waals surface area contributed by atoms with E-state index in [4.69, 9.17) is 30.2 Å². The first-order valence-corrected chi connectivity index (χ1v) is 31.6. The molecule has 0 spiro atoms. The van der Waals surface area contributed by atoms with Crippen molar-refractivity contribution < 1.29 is 38.9 Å². The number of aliphatic imine (C=N–C) groups is 1. The number of para-hydroxylation sites is 1. The van der Waals surface area contributed by atoms with Gasteiger partial charge in [-0.2, -0.15) is 0 Å². The molecule has 4 atom stereocenters. The smallest absolute Gasteiger partial charge is 0.355 e. The van der Waals surface area contributed by atoms with Crippen LogP contribution in [0.25, 0.3) is 15.8 Å². The second kappa shape index (κ2) is 25.2. The quantitative estimate of drug-likeness (QED) is 0.0196. The van der Waals surface area contributed by atoms with Crippen molar-refractivity contribution in [2.45, 2.75) is 162 Å². The van der Waals surface area contributed by atoms with E-state index >= 15 is 0 Å². The molecule has 85 heavy (non-hydrogen) atoms. The number of imide groups is 1. The van der Waals surface area contributed by atoms with Crippen LogP contribution in [-0.4, -0.2) is 134 Å². The summed E-state index contributed by atoms with van der Waals surface area (Å²) in [6.07, 6.45) is 18.8. The minimum atomic E-state index is -1.14. The first kappa shape index (κ1) is 59.8. The zero-order valence-electron chi connectivity index (χ0n) is 50.0. The molecule has 3 amide bonds. The lowest BCUT2D eigenvalue weighted by molar-refractivity contribution is -0.131. The van der Waals surface area contributed by atoms with Gasteiger partial charge in [-0.15, -0.1) is 10.2 Å². The SMILES string of the molecule is CC(=NCC12CC3C(C)(CC(OCCN(C)CCCCCCCCCCCOc4ccc5c(c4)C(=O)N(C4CCC(O)NC4=O)C5=O)CC3(C)C1)C2)/C(=C\N)c1ccc(N2CCCc3c2nnc(Nc2nc4ccccc4s2)c3C)nc1C(=O)O. The standard InChI is InChI=1S/C65H83N11O8S/c1-40-44-18-17-28-75(57(44)73-72-56(40)71-62-68-49-19-13-14-20-51(49)85-62)53-25-23-45(55(69-53)61(81)82)48(36-66)41(2)67-39-65-35-52-63(3,37-65)33-43(34-64(52,4)38-65)84-31-29-74(5)27-15-11-9-7-6-8-10-12-16-30-83-42-21-22-46-47(32-42)60(80)76(59(46)79)50-24-26-54(77)70-58(50)78/h13-14,19-23,25,32,36,43,50,52,54,77H,6-12,15-18,24,26-31,33-35,37-39,66H2,1-5H3,(H,70,78)(H,81,82)(H,68,71,72)/b48-36+,67-41?. The van der Waals surface area contributed by atoms with Gasteiger partial charge in [-0.25, -0.2) is 14.8 Å². The fourth-order valence-electron chi connectivity index (χ4n) is 15.5. The minimum absolute atomic E-state index is 0.0795. The predicted octanol–water partition coefficient (Wildman–Crippen LogP) is 10.8. The van der Waals surface area contributed by atoms with Crippen LogP contribution in [0, 0.1) is 29.1 Å². The number of piperidine rings is 1. The van der Waals surface area contributed by atoms with Crippen molar-refractivity contribution in [2.24, 2.45) is 32.9 Å². The van der Waals surface area contributed by atoms with Gasteiger partial charge in [-0.05, 0) is 163 Å². The van der Waals surface area contributed by atoms with Crippen LogP contribution in [0.2, 0.25) is 0 Å². The van der Waals surface area contributed by atoms with E-state index in [1.165, 1.54) is 44.7 Å². The van der Waals surface area contributed by atoms with Crippen molar-refractivity contribution in [1.82, 2.24) is 35.3 Å². The molecular formula is C65H83N11O8S. The number of benzene rings is 2. The third-order valence-electron chi connectivity index (χ3n) is 19.3. The Morgan fingerprint density at radius 1 is 0.906 bits per heavy atom. The molecular weight excluding hydrogens is 1090 g/mol. The number of pyridine rings is 1. The lowest BCUT2D eigenvalue weighted by Crippen LogP contribution is -2.55. The maximum Gasteiger partial charge on any atom is 0.355 e. The maximum atomic E-state index is 13.2. The number of carboxylic acids is 1. The summed E-state index contributed by atoms with van der Waals surface area (Å²) in [5.41, 5.74) is 11.9. The summed E-state index contributed by atoms with van der Waals surface area (Å²) >= 11 is 1.57. The van der Waals surface area contributed by atoms with Gasteiger partial charge < -0.3 is 45.9 Å². The monoisotopic (exact) mass is 1180 g/mol. The van der Waals surface area contributed by atoms with Crippen LogP contribution in [0.15, 0.2) is 65.8 Å². The molecule has 3 aliphatic carbocycles. The minimum Gasteiger partial charge on any atom is -0.494 e. The Labute approximate surface area is 502 Å². The average molecular weight is 1180 g/mol. The molecule has 3 aliphatic heterocycles. The number of carbonyl (C=O) groups is 4. The van der Waals surface area contributed by atoms with Crippen LogP contribution < -0.4 is 26.0 Å². The molecule has 1 saturated heterocycles. The molecule has 3 aromatic heterocycles. The predicted molar refractivity (Wildman–Crippen MR) is 330 cm³/mol. The number of unbranched alkanes of at least 4 members (excludes halogenated alkanes) is 8. The molecule has 6 aliphatic rings. The number of allylic oxidation sites excluding steroid dienone is 1. The molecule has 0 radical (unpaired) electrons. The number of hydrogen-bond acceptors (Lipinski definition) is 17. The number of aliphatic hydroxyl groups excluding tert-OH is 1. The van der Waals surface area contributed by atoms with Crippen molar-refractivity contribution in [3.05, 3.63) is 94.3 Å². The topological polar surface area (TPSA) is 251 Å². The van der Waals surface area contributed by atoms with Gasteiger partial charge in [0.1, 0.15) is 23.8 Å². The second-order valence-corrected chi connectivity index (χ2v) is 26.7. The summed E-state index contributed by atoms with van der Waals surface area (Å²) in [4.78, 5) is 71.7. The molecule has 3 saturated carbocycles. The number of carbonyl (C=O) groups excluding carboxylic acids is 3. The fraction of sp³-hybridized carbons (Fsp3) is 0.554.